The van der Waals surface area contributed by atoms with Crippen LogP contribution in [-0.2, 0) is 0 Å². The van der Waals surface area contributed by atoms with Gasteiger partial charge in [-0.1, -0.05) is 323 Å². The van der Waals surface area contributed by atoms with E-state index in [-0.39, 0.29) is 0 Å². The molecule has 16 aromatic carbocycles. The summed E-state index contributed by atoms with van der Waals surface area (Å²) in [5.74, 6) is 0. The third-order valence-electron chi connectivity index (χ3n) is 20.8. The summed E-state index contributed by atoms with van der Waals surface area (Å²) in [7, 11) is 0. The Balaban J connectivity index is 0.000000151. The Morgan fingerprint density at radius 3 is 0.582 bits per heavy atom. The molecule has 0 fully saturated rings. The van der Waals surface area contributed by atoms with E-state index < -0.39 is 0 Å². The van der Waals surface area contributed by atoms with Crippen molar-refractivity contribution in [3.05, 3.63) is 409 Å². The number of rotatable bonds is 14. The lowest BCUT2D eigenvalue weighted by Gasteiger charge is -2.20. The highest BCUT2D eigenvalue weighted by Gasteiger charge is 2.23. The second-order valence-corrected chi connectivity index (χ2v) is 33.7. The third-order valence-corrected chi connectivity index (χ3v) is 26.5. The highest BCUT2D eigenvalue weighted by Crippen LogP contribution is 2.51. The highest BCUT2D eigenvalue weighted by atomic mass is 79.9. The van der Waals surface area contributed by atoms with Crippen LogP contribution in [0.25, 0.3) is 193 Å². The second kappa shape index (κ2) is 30.4. The van der Waals surface area contributed by atoms with Crippen LogP contribution in [0.2, 0.25) is 0 Å². The first kappa shape index (κ1) is 68.8. The van der Waals surface area contributed by atoms with E-state index in [9.17, 15) is 0 Å². The average Bonchev–Trinajstić information content (AvgIpc) is 0.865. The SMILES string of the molecule is Brc1ccc2c(-c3cccc(-c4ccc(-c5ccccc5)s4)c3)c3cc(Br)ccc3c(-c3cccc(-c4ccc(-c5ccccc5)s4)c3)c2c1.c1ccc(-c2ccc3c(-c4cccc(-c5ccc(-c6ccccc6)s5)c4)c4cc(-c5ccccc5)ccc4c(-c4cccc(-c5ccc(-c6ccccc6)s5)c4)c3c2)cc1. The van der Waals surface area contributed by atoms with E-state index in [4.69, 9.17) is 0 Å². The molecule has 0 aliphatic carbocycles. The molecule has 20 rings (SSSR count). The summed E-state index contributed by atoms with van der Waals surface area (Å²) in [5, 5.41) is 9.88. The first-order chi connectivity index (χ1) is 54.3. The van der Waals surface area contributed by atoms with Crippen molar-refractivity contribution in [3.8, 4) is 150 Å². The van der Waals surface area contributed by atoms with Crippen molar-refractivity contribution in [1.29, 1.82) is 0 Å². The molecule has 0 aliphatic rings. The van der Waals surface area contributed by atoms with Gasteiger partial charge >= 0.3 is 0 Å². The van der Waals surface area contributed by atoms with E-state index in [2.05, 4.69) is 432 Å². The Morgan fingerprint density at radius 1 is 0.127 bits per heavy atom. The third kappa shape index (κ3) is 13.7. The zero-order valence-electron chi connectivity index (χ0n) is 59.5. The smallest absolute Gasteiger partial charge is 0.0349 e. The van der Waals surface area contributed by atoms with Crippen LogP contribution in [0.1, 0.15) is 0 Å². The maximum Gasteiger partial charge on any atom is 0.0349 e. The lowest BCUT2D eigenvalue weighted by atomic mass is 9.83. The summed E-state index contributed by atoms with van der Waals surface area (Å²) in [6.45, 7) is 0. The molecule has 0 unspecified atom stereocenters. The Morgan fingerprint density at radius 2 is 0.327 bits per heavy atom. The van der Waals surface area contributed by atoms with E-state index >= 15 is 0 Å². The molecule has 0 saturated carbocycles. The van der Waals surface area contributed by atoms with Crippen molar-refractivity contribution >= 4 is 120 Å². The summed E-state index contributed by atoms with van der Waals surface area (Å²) < 4.78 is 2.13. The van der Waals surface area contributed by atoms with E-state index in [0.29, 0.717) is 0 Å². The van der Waals surface area contributed by atoms with Crippen LogP contribution >= 0.6 is 77.2 Å². The Labute approximate surface area is 673 Å². The molecule has 0 nitrogen and oxygen atoms in total. The fourth-order valence-electron chi connectivity index (χ4n) is 15.6. The van der Waals surface area contributed by atoms with Crippen LogP contribution in [0.5, 0.6) is 0 Å². The molecular weight excluding hydrogens is 1540 g/mol. The number of hydrogen-bond donors (Lipinski definition) is 0. The predicted molar refractivity (Wildman–Crippen MR) is 486 cm³/mol. The van der Waals surface area contributed by atoms with Crippen LogP contribution in [0.15, 0.2) is 409 Å². The summed E-state index contributed by atoms with van der Waals surface area (Å²) in [5.41, 5.74) is 24.6. The standard InChI is InChI=1S/C58H38S2.C46H28Br2S2/c1-5-15-39(16-6-1)43-27-29-49-51(37-43)57(47-25-13-23-45(35-47)55-33-31-53(59-55)41-19-9-3-10-20-41)50-30-28-44(40-17-7-2-8-18-40)38-52(50)58(49)48-26-14-24-46(36-48)56-34-32-54(60-56)42-21-11-4-12-22-42;47-35-18-20-38-39(27-35)45(33-15-7-13-31(25-33)43-23-21-41(49-43)29-9-3-1-4-10-29)37-19-17-36(48)28-40(37)46(38)34-16-8-14-32(26-34)44-24-22-42(50-44)30-11-5-2-6-12-30/h1-38H;1-28H. The van der Waals surface area contributed by atoms with E-state index in [1.54, 1.807) is 0 Å². The molecule has 110 heavy (non-hydrogen) atoms. The van der Waals surface area contributed by atoms with Crippen LogP contribution in [0.4, 0.5) is 0 Å². The van der Waals surface area contributed by atoms with Crippen molar-refractivity contribution in [2.45, 2.75) is 0 Å². The first-order valence-corrected chi connectivity index (χ1v) is 41.7. The van der Waals surface area contributed by atoms with Crippen LogP contribution in [0.3, 0.4) is 0 Å². The van der Waals surface area contributed by atoms with Gasteiger partial charge in [-0.05, 0) is 264 Å². The first-order valence-electron chi connectivity index (χ1n) is 36.9. The van der Waals surface area contributed by atoms with Crippen molar-refractivity contribution in [2.75, 3.05) is 0 Å². The zero-order chi connectivity index (χ0) is 73.4. The molecule has 20 aromatic rings. The number of fused-ring (bicyclic) bond motifs is 4. The molecule has 0 aliphatic heterocycles. The number of thiophene rings is 4. The Hall–Kier alpha value is -11.7. The average molecular weight is 1600 g/mol. The maximum absolute atomic E-state index is 3.83. The lowest BCUT2D eigenvalue weighted by Crippen LogP contribution is -1.93. The van der Waals surface area contributed by atoms with Crippen molar-refractivity contribution in [2.24, 2.45) is 0 Å². The van der Waals surface area contributed by atoms with E-state index in [1.807, 2.05) is 45.3 Å². The molecule has 4 aromatic heterocycles. The fraction of sp³-hybridized carbons (Fsp3) is 0. The molecule has 0 amide bonds. The molecule has 4 heterocycles. The van der Waals surface area contributed by atoms with Crippen molar-refractivity contribution in [1.82, 2.24) is 0 Å². The number of hydrogen-bond acceptors (Lipinski definition) is 4. The maximum atomic E-state index is 3.83. The van der Waals surface area contributed by atoms with Gasteiger partial charge in [0.1, 0.15) is 0 Å². The molecule has 0 atom stereocenters. The molecule has 0 N–H and O–H groups in total. The van der Waals surface area contributed by atoms with Gasteiger partial charge in [0, 0.05) is 48.0 Å². The molecule has 520 valence electrons. The molecule has 0 spiro atoms. The van der Waals surface area contributed by atoms with Crippen LogP contribution in [-0.4, -0.2) is 0 Å². The van der Waals surface area contributed by atoms with Crippen molar-refractivity contribution in [3.63, 3.8) is 0 Å². The van der Waals surface area contributed by atoms with E-state index in [1.165, 1.54) is 193 Å². The lowest BCUT2D eigenvalue weighted by molar-refractivity contribution is 1.61. The van der Waals surface area contributed by atoms with Gasteiger partial charge < -0.3 is 0 Å². The fourth-order valence-corrected chi connectivity index (χ4v) is 20.3. The molecule has 0 bridgehead atoms. The minimum atomic E-state index is 1.07. The largest absolute Gasteiger partial charge is 0.135 e. The number of halogens is 2. The quantitative estimate of drug-likeness (QED) is 0.0952. The molecule has 6 heteroatoms. The van der Waals surface area contributed by atoms with Gasteiger partial charge in [-0.15, -0.1) is 45.3 Å². The van der Waals surface area contributed by atoms with Gasteiger partial charge in [-0.2, -0.15) is 0 Å². The topological polar surface area (TPSA) is 0 Å². The minimum absolute atomic E-state index is 1.07. The van der Waals surface area contributed by atoms with E-state index in [0.717, 1.165) is 8.95 Å². The molecular formula is C104H66Br2S4. The monoisotopic (exact) mass is 1600 g/mol. The second-order valence-electron chi connectivity index (χ2n) is 27.6. The Kier molecular flexibility index (Phi) is 19.0. The molecule has 0 saturated heterocycles. The summed E-state index contributed by atoms with van der Waals surface area (Å²) in [4.78, 5) is 10.2. The number of benzene rings is 16. The van der Waals surface area contributed by atoms with Gasteiger partial charge in [0.25, 0.3) is 0 Å². The van der Waals surface area contributed by atoms with Gasteiger partial charge in [0.05, 0.1) is 0 Å². The molecule has 0 radical (unpaired) electrons. The van der Waals surface area contributed by atoms with Gasteiger partial charge in [0.15, 0.2) is 0 Å². The predicted octanol–water partition coefficient (Wildman–Crippen LogP) is 33.1. The van der Waals surface area contributed by atoms with Crippen molar-refractivity contribution < 1.29 is 0 Å². The van der Waals surface area contributed by atoms with Crippen LogP contribution < -0.4 is 0 Å². The van der Waals surface area contributed by atoms with Gasteiger partial charge in [-0.25, -0.2) is 0 Å². The normalized spacial score (nSPS) is 11.4. The van der Waals surface area contributed by atoms with Crippen LogP contribution in [0, 0.1) is 0 Å². The minimum Gasteiger partial charge on any atom is -0.135 e. The zero-order valence-corrected chi connectivity index (χ0v) is 65.9. The highest BCUT2D eigenvalue weighted by molar-refractivity contribution is 9.10. The summed E-state index contributed by atoms with van der Waals surface area (Å²) >= 11 is 15.0. The Bertz CT molecular complexity index is 6360. The summed E-state index contributed by atoms with van der Waals surface area (Å²) in [6.07, 6.45) is 0. The van der Waals surface area contributed by atoms with Gasteiger partial charge in [0.2, 0.25) is 0 Å². The summed E-state index contributed by atoms with van der Waals surface area (Å²) in [6, 6.07) is 146. The van der Waals surface area contributed by atoms with Gasteiger partial charge in [-0.3, -0.25) is 0 Å².